The summed E-state index contributed by atoms with van der Waals surface area (Å²) in [5, 5.41) is 0.910. The monoisotopic (exact) mass is 426 g/mol. The number of hydrogen-bond donors (Lipinski definition) is 0. The summed E-state index contributed by atoms with van der Waals surface area (Å²) in [6.45, 7) is 12.3. The maximum absolute atomic E-state index is 13.5. The van der Waals surface area contributed by atoms with Gasteiger partial charge in [0.15, 0.2) is 0 Å². The average Bonchev–Trinajstić information content (AvgIpc) is 2.68. The van der Waals surface area contributed by atoms with Crippen LogP contribution in [0, 0.1) is 41.5 Å². The molecule has 4 nitrogen and oxygen atoms in total. The lowest BCUT2D eigenvalue weighted by Gasteiger charge is -2.18. The van der Waals surface area contributed by atoms with Crippen molar-refractivity contribution < 1.29 is 0 Å². The zero-order chi connectivity index (χ0) is 23.5. The minimum Gasteiger partial charge on any atom is -0.311 e. The molecule has 0 amide bonds. The first-order valence-corrected chi connectivity index (χ1v) is 10.9. The molecule has 2 heterocycles. The Labute approximate surface area is 188 Å². The van der Waals surface area contributed by atoms with Crippen molar-refractivity contribution in [3.63, 3.8) is 0 Å². The molecule has 0 N–H and O–H groups in total. The lowest BCUT2D eigenvalue weighted by atomic mass is 9.94. The number of rotatable bonds is 2. The number of pyridine rings is 2. The molecule has 0 aliphatic rings. The Bertz CT molecular complexity index is 1370. The molecule has 0 saturated carbocycles. The molecule has 0 saturated heterocycles. The second-order valence-electron chi connectivity index (χ2n) is 9.16. The van der Waals surface area contributed by atoms with Crippen molar-refractivity contribution in [1.29, 1.82) is 0 Å². The number of fused-ring (bicyclic) bond motifs is 1. The van der Waals surface area contributed by atoms with Crippen LogP contribution in [0.4, 0.5) is 0 Å². The van der Waals surface area contributed by atoms with Crippen molar-refractivity contribution in [2.45, 2.75) is 41.5 Å². The zero-order valence-electron chi connectivity index (χ0n) is 20.2. The third kappa shape index (κ3) is 3.31. The Balaban J connectivity index is 2.10. The molecule has 0 radical (unpaired) electrons. The van der Waals surface area contributed by atoms with Crippen LogP contribution in [-0.4, -0.2) is 9.13 Å². The standard InChI is InChI=1S/C28H30N2O2/c1-15-9-17(3)25(18(4)10-15)23-13-21-22(27(31)29(23)7)14-24(30(8)28(21)32)26-19(5)11-16(2)12-20(26)6/h9-14H,1-8H3. The molecule has 0 unspecified atom stereocenters. The van der Waals surface area contributed by atoms with Gasteiger partial charge in [-0.1, -0.05) is 35.4 Å². The molecule has 4 rings (SSSR count). The average molecular weight is 427 g/mol. The predicted molar refractivity (Wildman–Crippen MR) is 134 cm³/mol. The van der Waals surface area contributed by atoms with Crippen LogP contribution in [0.5, 0.6) is 0 Å². The topological polar surface area (TPSA) is 44.0 Å². The SMILES string of the molecule is Cc1cc(C)c(-c2cc3c(=O)n(C)c(-c4c(C)cc(C)cc4C)cc3c(=O)n2C)c(C)c1. The fourth-order valence-corrected chi connectivity index (χ4v) is 5.20. The van der Waals surface area contributed by atoms with Gasteiger partial charge in [0.25, 0.3) is 11.1 Å². The summed E-state index contributed by atoms with van der Waals surface area (Å²) >= 11 is 0. The van der Waals surface area contributed by atoms with Gasteiger partial charge in [0.1, 0.15) is 0 Å². The van der Waals surface area contributed by atoms with E-state index >= 15 is 0 Å². The van der Waals surface area contributed by atoms with Gasteiger partial charge in [0, 0.05) is 25.2 Å². The second kappa shape index (κ2) is 7.63. The maximum Gasteiger partial charge on any atom is 0.258 e. The molecular formula is C28H30N2O2. The van der Waals surface area contributed by atoms with Gasteiger partial charge in [0.05, 0.1) is 22.2 Å². The minimum atomic E-state index is -0.154. The number of nitrogens with zero attached hydrogens (tertiary/aromatic N) is 2. The first-order chi connectivity index (χ1) is 15.0. The largest absolute Gasteiger partial charge is 0.311 e. The normalized spacial score (nSPS) is 11.4. The van der Waals surface area contributed by atoms with E-state index in [1.165, 1.54) is 11.1 Å². The third-order valence-electron chi connectivity index (χ3n) is 6.51. The van der Waals surface area contributed by atoms with Crippen molar-refractivity contribution in [2.75, 3.05) is 0 Å². The highest BCUT2D eigenvalue weighted by molar-refractivity contribution is 5.89. The molecule has 2 aromatic heterocycles. The van der Waals surface area contributed by atoms with Crippen LogP contribution >= 0.6 is 0 Å². The van der Waals surface area contributed by atoms with E-state index in [4.69, 9.17) is 0 Å². The van der Waals surface area contributed by atoms with Crippen LogP contribution in [0.2, 0.25) is 0 Å². The lowest BCUT2D eigenvalue weighted by Crippen LogP contribution is -2.26. The molecule has 164 valence electrons. The summed E-state index contributed by atoms with van der Waals surface area (Å²) in [5.74, 6) is 0. The van der Waals surface area contributed by atoms with Crippen LogP contribution in [-0.2, 0) is 14.1 Å². The van der Waals surface area contributed by atoms with E-state index in [2.05, 4.69) is 38.1 Å². The predicted octanol–water partition coefficient (Wildman–Crippen LogP) is 5.42. The molecule has 32 heavy (non-hydrogen) atoms. The number of aromatic nitrogens is 2. The van der Waals surface area contributed by atoms with Gasteiger partial charge in [0.2, 0.25) is 0 Å². The quantitative estimate of drug-likeness (QED) is 0.429. The van der Waals surface area contributed by atoms with E-state index in [0.717, 1.165) is 44.8 Å². The first-order valence-electron chi connectivity index (χ1n) is 10.9. The van der Waals surface area contributed by atoms with Crippen LogP contribution in [0.3, 0.4) is 0 Å². The molecule has 0 aliphatic carbocycles. The summed E-state index contributed by atoms with van der Waals surface area (Å²) in [6, 6.07) is 12.2. The van der Waals surface area contributed by atoms with Gasteiger partial charge in [-0.15, -0.1) is 0 Å². The summed E-state index contributed by atoms with van der Waals surface area (Å²) in [5.41, 5.74) is 9.98. The van der Waals surface area contributed by atoms with Crippen molar-refractivity contribution >= 4 is 10.8 Å². The lowest BCUT2D eigenvalue weighted by molar-refractivity contribution is 0.862. The van der Waals surface area contributed by atoms with Crippen LogP contribution in [0.1, 0.15) is 33.4 Å². The van der Waals surface area contributed by atoms with Crippen LogP contribution in [0.15, 0.2) is 46.0 Å². The molecule has 4 aromatic rings. The third-order valence-corrected chi connectivity index (χ3v) is 6.51. The van der Waals surface area contributed by atoms with Crippen molar-refractivity contribution in [3.05, 3.63) is 90.5 Å². The van der Waals surface area contributed by atoms with Crippen molar-refractivity contribution in [1.82, 2.24) is 9.13 Å². The van der Waals surface area contributed by atoms with Crippen LogP contribution < -0.4 is 11.1 Å². The molecule has 4 heteroatoms. The fraction of sp³-hybridized carbons (Fsp3) is 0.286. The Morgan fingerprint density at radius 2 is 0.781 bits per heavy atom. The number of benzene rings is 2. The number of hydrogen-bond acceptors (Lipinski definition) is 2. The van der Waals surface area contributed by atoms with Gasteiger partial charge in [-0.05, 0) is 75.9 Å². The van der Waals surface area contributed by atoms with Crippen molar-refractivity contribution in [3.8, 4) is 22.5 Å². The Morgan fingerprint density at radius 1 is 0.500 bits per heavy atom. The van der Waals surface area contributed by atoms with E-state index in [9.17, 15) is 9.59 Å². The van der Waals surface area contributed by atoms with Gasteiger partial charge < -0.3 is 9.13 Å². The van der Waals surface area contributed by atoms with Gasteiger partial charge >= 0.3 is 0 Å². The molecule has 0 atom stereocenters. The van der Waals surface area contributed by atoms with E-state index in [-0.39, 0.29) is 11.1 Å². The summed E-state index contributed by atoms with van der Waals surface area (Å²) in [4.78, 5) is 27.0. The van der Waals surface area contributed by atoms with E-state index in [0.29, 0.717) is 10.8 Å². The Hall–Kier alpha value is -3.40. The van der Waals surface area contributed by atoms with Crippen LogP contribution in [0.25, 0.3) is 33.3 Å². The molecular weight excluding hydrogens is 396 g/mol. The zero-order valence-corrected chi connectivity index (χ0v) is 20.2. The fourth-order valence-electron chi connectivity index (χ4n) is 5.20. The second-order valence-corrected chi connectivity index (χ2v) is 9.16. The summed E-state index contributed by atoms with van der Waals surface area (Å²) < 4.78 is 3.34. The van der Waals surface area contributed by atoms with Gasteiger partial charge in [-0.25, -0.2) is 0 Å². The van der Waals surface area contributed by atoms with E-state index < -0.39 is 0 Å². The first kappa shape index (κ1) is 21.8. The molecule has 0 spiro atoms. The van der Waals surface area contributed by atoms with Crippen molar-refractivity contribution in [2.24, 2.45) is 14.1 Å². The smallest absolute Gasteiger partial charge is 0.258 e. The molecule has 0 fully saturated rings. The Morgan fingerprint density at radius 3 is 1.06 bits per heavy atom. The van der Waals surface area contributed by atoms with E-state index in [1.54, 1.807) is 23.2 Å². The van der Waals surface area contributed by atoms with Gasteiger partial charge in [-0.2, -0.15) is 0 Å². The molecule has 2 aromatic carbocycles. The Kier molecular flexibility index (Phi) is 5.20. The molecule has 0 bridgehead atoms. The van der Waals surface area contributed by atoms with E-state index in [1.807, 2.05) is 39.8 Å². The highest BCUT2D eigenvalue weighted by atomic mass is 16.1. The highest BCUT2D eigenvalue weighted by Gasteiger charge is 2.18. The van der Waals surface area contributed by atoms with Gasteiger partial charge in [-0.3, -0.25) is 9.59 Å². The summed E-state index contributed by atoms with van der Waals surface area (Å²) in [7, 11) is 3.57. The highest BCUT2D eigenvalue weighted by Crippen LogP contribution is 2.31. The molecule has 0 aliphatic heterocycles. The minimum absolute atomic E-state index is 0.154. The number of aryl methyl sites for hydroxylation is 6. The summed E-state index contributed by atoms with van der Waals surface area (Å²) in [6.07, 6.45) is 0. The maximum atomic E-state index is 13.5.